The molecule has 1 aromatic rings. The lowest BCUT2D eigenvalue weighted by Crippen LogP contribution is -2.43. The van der Waals surface area contributed by atoms with E-state index in [0.29, 0.717) is 17.1 Å². The first-order valence-corrected chi connectivity index (χ1v) is 7.62. The van der Waals surface area contributed by atoms with Gasteiger partial charge in [-0.05, 0) is 25.3 Å². The van der Waals surface area contributed by atoms with Gasteiger partial charge in [0, 0.05) is 5.75 Å². The first-order chi connectivity index (χ1) is 9.63. The lowest BCUT2D eigenvalue weighted by molar-refractivity contribution is -0.144. The van der Waals surface area contributed by atoms with Crippen LogP contribution < -0.4 is 10.1 Å². The van der Waals surface area contributed by atoms with Crippen molar-refractivity contribution < 1.29 is 19.1 Å². The maximum absolute atomic E-state index is 12.2. The van der Waals surface area contributed by atoms with Crippen molar-refractivity contribution in [3.63, 3.8) is 0 Å². The summed E-state index contributed by atoms with van der Waals surface area (Å²) >= 11 is 1.46. The van der Waals surface area contributed by atoms with Crippen molar-refractivity contribution in [1.29, 1.82) is 0 Å². The minimum absolute atomic E-state index is 0.286. The zero-order valence-corrected chi connectivity index (χ0v) is 12.7. The maximum Gasteiger partial charge on any atom is 0.329 e. The van der Waals surface area contributed by atoms with Gasteiger partial charge in [-0.1, -0.05) is 12.1 Å². The summed E-state index contributed by atoms with van der Waals surface area (Å²) in [5.41, 5.74) is 0.394. The second-order valence-corrected chi connectivity index (χ2v) is 4.84. The summed E-state index contributed by atoms with van der Waals surface area (Å²) in [5, 5.41) is 2.68. The quantitative estimate of drug-likeness (QED) is 0.776. The number of ether oxygens (including phenoxy) is 2. The number of esters is 1. The molecule has 20 heavy (non-hydrogen) atoms. The summed E-state index contributed by atoms with van der Waals surface area (Å²) in [6.07, 6.45) is 1.86. The smallest absolute Gasteiger partial charge is 0.329 e. The molecule has 0 saturated heterocycles. The fourth-order valence-corrected chi connectivity index (χ4v) is 2.20. The van der Waals surface area contributed by atoms with E-state index in [1.54, 1.807) is 31.2 Å². The number of rotatable bonds is 7. The number of para-hydroxylation sites is 1. The van der Waals surface area contributed by atoms with E-state index in [4.69, 9.17) is 9.47 Å². The molecule has 0 aromatic heterocycles. The van der Waals surface area contributed by atoms with Gasteiger partial charge in [-0.3, -0.25) is 4.79 Å². The van der Waals surface area contributed by atoms with Crippen molar-refractivity contribution in [2.45, 2.75) is 13.0 Å². The fourth-order valence-electron chi connectivity index (χ4n) is 1.65. The molecule has 1 atom stereocenters. The number of methoxy groups -OCH3 is 1. The highest BCUT2D eigenvalue weighted by atomic mass is 32.2. The van der Waals surface area contributed by atoms with Crippen molar-refractivity contribution in [2.75, 3.05) is 25.7 Å². The van der Waals surface area contributed by atoms with Crippen LogP contribution in [0.4, 0.5) is 0 Å². The van der Waals surface area contributed by atoms with Crippen molar-refractivity contribution in [1.82, 2.24) is 5.32 Å². The molecule has 0 bridgehead atoms. The van der Waals surface area contributed by atoms with E-state index in [9.17, 15) is 9.59 Å². The summed E-state index contributed by atoms with van der Waals surface area (Å²) in [6.45, 7) is 2.02. The van der Waals surface area contributed by atoms with Gasteiger partial charge >= 0.3 is 5.97 Å². The van der Waals surface area contributed by atoms with E-state index in [1.807, 2.05) is 6.26 Å². The molecular weight excluding hydrogens is 278 g/mol. The minimum atomic E-state index is -0.664. The van der Waals surface area contributed by atoms with E-state index in [0.717, 1.165) is 0 Å². The first-order valence-electron chi connectivity index (χ1n) is 6.23. The molecule has 5 nitrogen and oxygen atoms in total. The Hall–Kier alpha value is -1.69. The van der Waals surface area contributed by atoms with Gasteiger partial charge in [0.25, 0.3) is 5.91 Å². The molecule has 0 radical (unpaired) electrons. The third kappa shape index (κ3) is 4.45. The molecule has 1 rings (SSSR count). The molecule has 0 aliphatic rings. The Morgan fingerprint density at radius 2 is 2.05 bits per heavy atom. The van der Waals surface area contributed by atoms with E-state index in [-0.39, 0.29) is 12.5 Å². The van der Waals surface area contributed by atoms with Crippen molar-refractivity contribution in [2.24, 2.45) is 0 Å². The molecule has 6 heteroatoms. The molecule has 0 spiro atoms. The van der Waals surface area contributed by atoms with E-state index in [1.165, 1.54) is 18.9 Å². The Kier molecular flexibility index (Phi) is 6.93. The van der Waals surface area contributed by atoms with Crippen LogP contribution in [-0.2, 0) is 9.53 Å². The van der Waals surface area contributed by atoms with Gasteiger partial charge in [-0.2, -0.15) is 11.8 Å². The standard InChI is InChI=1S/C14H19NO4S/c1-4-19-14(17)11(9-20-3)15-13(16)10-7-5-6-8-12(10)18-2/h5-8,11H,4,9H2,1-3H3,(H,15,16). The van der Waals surface area contributed by atoms with Crippen molar-refractivity contribution >= 4 is 23.6 Å². The van der Waals surface area contributed by atoms with Crippen LogP contribution in [0, 0.1) is 0 Å². The Labute approximate surface area is 123 Å². The third-order valence-electron chi connectivity index (χ3n) is 2.56. The van der Waals surface area contributed by atoms with Crippen LogP contribution in [-0.4, -0.2) is 43.6 Å². The molecule has 1 aromatic carbocycles. The lowest BCUT2D eigenvalue weighted by Gasteiger charge is -2.17. The molecule has 0 fully saturated rings. The number of hydrogen-bond acceptors (Lipinski definition) is 5. The maximum atomic E-state index is 12.2. The number of nitrogens with one attached hydrogen (secondary N) is 1. The summed E-state index contributed by atoms with van der Waals surface area (Å²) < 4.78 is 10.1. The summed E-state index contributed by atoms with van der Waals surface area (Å²) in [7, 11) is 1.50. The average Bonchev–Trinajstić information content (AvgIpc) is 2.46. The topological polar surface area (TPSA) is 64.6 Å². The molecule has 0 heterocycles. The Morgan fingerprint density at radius 1 is 1.35 bits per heavy atom. The van der Waals surface area contributed by atoms with Crippen LogP contribution in [0.15, 0.2) is 24.3 Å². The highest BCUT2D eigenvalue weighted by Crippen LogP contribution is 2.17. The van der Waals surface area contributed by atoms with Crippen LogP contribution in [0.3, 0.4) is 0 Å². The van der Waals surface area contributed by atoms with Crippen LogP contribution in [0.25, 0.3) is 0 Å². The van der Waals surface area contributed by atoms with Gasteiger partial charge in [0.15, 0.2) is 0 Å². The fraction of sp³-hybridized carbons (Fsp3) is 0.429. The van der Waals surface area contributed by atoms with Gasteiger partial charge in [-0.15, -0.1) is 0 Å². The molecule has 1 unspecified atom stereocenters. The van der Waals surface area contributed by atoms with Gasteiger partial charge in [-0.25, -0.2) is 4.79 Å². The molecule has 0 aliphatic heterocycles. The minimum Gasteiger partial charge on any atom is -0.496 e. The third-order valence-corrected chi connectivity index (χ3v) is 3.23. The van der Waals surface area contributed by atoms with E-state index in [2.05, 4.69) is 5.32 Å². The van der Waals surface area contributed by atoms with Crippen LogP contribution >= 0.6 is 11.8 Å². The average molecular weight is 297 g/mol. The van der Waals surface area contributed by atoms with Crippen LogP contribution in [0.1, 0.15) is 17.3 Å². The lowest BCUT2D eigenvalue weighted by atomic mass is 10.1. The summed E-state index contributed by atoms with van der Waals surface area (Å²) in [4.78, 5) is 24.0. The van der Waals surface area contributed by atoms with E-state index >= 15 is 0 Å². The van der Waals surface area contributed by atoms with Crippen LogP contribution in [0.5, 0.6) is 5.75 Å². The zero-order chi connectivity index (χ0) is 15.0. The zero-order valence-electron chi connectivity index (χ0n) is 11.8. The number of hydrogen-bond donors (Lipinski definition) is 1. The molecule has 0 saturated carbocycles. The normalized spacial score (nSPS) is 11.6. The predicted molar refractivity (Wildman–Crippen MR) is 79.3 cm³/mol. The molecular formula is C14H19NO4S. The molecule has 1 N–H and O–H groups in total. The van der Waals surface area contributed by atoms with Gasteiger partial charge < -0.3 is 14.8 Å². The summed E-state index contributed by atoms with van der Waals surface area (Å²) in [6, 6.07) is 6.20. The monoisotopic (exact) mass is 297 g/mol. The summed E-state index contributed by atoms with van der Waals surface area (Å²) in [5.74, 6) is 0.149. The number of benzene rings is 1. The van der Waals surface area contributed by atoms with Gasteiger partial charge in [0.05, 0.1) is 19.3 Å². The van der Waals surface area contributed by atoms with Gasteiger partial charge in [0.1, 0.15) is 11.8 Å². The Bertz CT molecular complexity index is 464. The highest BCUT2D eigenvalue weighted by molar-refractivity contribution is 7.98. The SMILES string of the molecule is CCOC(=O)C(CSC)NC(=O)c1ccccc1OC. The number of carbonyl (C=O) groups is 2. The number of amides is 1. The largest absolute Gasteiger partial charge is 0.496 e. The van der Waals surface area contributed by atoms with Crippen molar-refractivity contribution in [3.05, 3.63) is 29.8 Å². The predicted octanol–water partition coefficient (Wildman–Crippen LogP) is 1.72. The molecule has 1 amide bonds. The van der Waals surface area contributed by atoms with Crippen LogP contribution in [0.2, 0.25) is 0 Å². The number of thioether (sulfide) groups is 1. The first kappa shape index (κ1) is 16.4. The number of carbonyl (C=O) groups excluding carboxylic acids is 2. The Balaban J connectivity index is 2.82. The highest BCUT2D eigenvalue weighted by Gasteiger charge is 2.23. The second kappa shape index (κ2) is 8.47. The second-order valence-electron chi connectivity index (χ2n) is 3.93. The Morgan fingerprint density at radius 3 is 2.65 bits per heavy atom. The van der Waals surface area contributed by atoms with E-state index < -0.39 is 12.0 Å². The molecule has 0 aliphatic carbocycles. The molecule has 110 valence electrons. The van der Waals surface area contributed by atoms with Gasteiger partial charge in [0.2, 0.25) is 0 Å². The van der Waals surface area contributed by atoms with Crippen molar-refractivity contribution in [3.8, 4) is 5.75 Å².